The molecule has 0 saturated carbocycles. The lowest BCUT2D eigenvalue weighted by Crippen LogP contribution is -2.60. The molecule has 0 spiro atoms. The van der Waals surface area contributed by atoms with Crippen molar-refractivity contribution in [2.24, 2.45) is 11.7 Å². The Morgan fingerprint density at radius 3 is 2.23 bits per heavy atom. The molecule has 0 aliphatic carbocycles. The summed E-state index contributed by atoms with van der Waals surface area (Å²) in [7, 11) is 0. The molecule has 3 atom stereocenters. The molecule has 0 fully saturated rings. The average Bonchev–Trinajstić information content (AvgIpc) is 2.96. The first-order valence-electron chi connectivity index (χ1n) is 13.4. The summed E-state index contributed by atoms with van der Waals surface area (Å²) in [5.74, 6) is -12.3. The van der Waals surface area contributed by atoms with Gasteiger partial charge in [0.1, 0.15) is 17.8 Å². The summed E-state index contributed by atoms with van der Waals surface area (Å²) in [5, 5.41) is 9.02. The van der Waals surface area contributed by atoms with Gasteiger partial charge in [0.05, 0.1) is 12.5 Å². The van der Waals surface area contributed by atoms with Crippen LogP contribution in [0.15, 0.2) is 54.6 Å². The van der Waals surface area contributed by atoms with Crippen LogP contribution < -0.4 is 31.7 Å². The topological polar surface area (TPSA) is 186 Å². The van der Waals surface area contributed by atoms with E-state index in [1.807, 2.05) is 0 Å². The number of rotatable bonds is 8. The molecule has 6 N–H and O–H groups in total. The van der Waals surface area contributed by atoms with Crippen LogP contribution in [0, 0.1) is 5.92 Å². The largest absolute Gasteiger partial charge is 0.484 e. The Bertz CT molecular complexity index is 1350. The van der Waals surface area contributed by atoms with Gasteiger partial charge in [0, 0.05) is 13.0 Å². The predicted octanol–water partition coefficient (Wildman–Crippen LogP) is 0.128. The number of nitrogens with one attached hydrogen (secondary N) is 4. The monoisotopic (exact) mass is 601 g/mol. The number of hydrogen-bond acceptors (Lipinski definition) is 7. The van der Waals surface area contributed by atoms with Crippen molar-refractivity contribution in [2.75, 3.05) is 6.61 Å². The van der Waals surface area contributed by atoms with Crippen LogP contribution in [0.1, 0.15) is 31.4 Å². The van der Waals surface area contributed by atoms with E-state index in [9.17, 15) is 28.8 Å². The second-order valence-electron chi connectivity index (χ2n) is 10.3. The fourth-order valence-corrected chi connectivity index (χ4v) is 4.23. The summed E-state index contributed by atoms with van der Waals surface area (Å²) in [6.45, 7) is 2.28. The van der Waals surface area contributed by atoms with E-state index in [4.69, 9.17) is 10.5 Å². The SMILES string of the molecule is CC(C)C1NC(=O)C(CC(N)=O)NC(=O)COc2ccc(cc2)CC(C(=O)C(F)(F)C(=O)NCc2ccccc2)NC1=O. The quantitative estimate of drug-likeness (QED) is 0.210. The fourth-order valence-electron chi connectivity index (χ4n) is 4.23. The summed E-state index contributed by atoms with van der Waals surface area (Å²) >= 11 is 0. The molecule has 2 bridgehead atoms. The maximum Gasteiger partial charge on any atom is 0.383 e. The van der Waals surface area contributed by atoms with Gasteiger partial charge in [-0.15, -0.1) is 0 Å². The zero-order valence-corrected chi connectivity index (χ0v) is 23.5. The van der Waals surface area contributed by atoms with Gasteiger partial charge in [0.25, 0.3) is 11.8 Å². The number of benzene rings is 2. The highest BCUT2D eigenvalue weighted by atomic mass is 19.3. The predicted molar refractivity (Wildman–Crippen MR) is 148 cm³/mol. The number of hydrogen-bond donors (Lipinski definition) is 5. The molecule has 230 valence electrons. The second kappa shape index (κ2) is 14.3. The van der Waals surface area contributed by atoms with Crippen LogP contribution in [0.5, 0.6) is 5.75 Å². The fraction of sp³-hybridized carbons (Fsp3) is 0.379. The van der Waals surface area contributed by atoms with Gasteiger partial charge in [-0.25, -0.2) is 0 Å². The van der Waals surface area contributed by atoms with Crippen molar-refractivity contribution < 1.29 is 42.3 Å². The minimum absolute atomic E-state index is 0.194. The average molecular weight is 602 g/mol. The van der Waals surface area contributed by atoms with Gasteiger partial charge in [0.2, 0.25) is 23.5 Å². The molecule has 0 aromatic heterocycles. The molecule has 4 rings (SSSR count). The first kappa shape index (κ1) is 32.6. The number of primary amides is 1. The highest BCUT2D eigenvalue weighted by Gasteiger charge is 2.50. The molecular formula is C29H33F2N5O7. The van der Waals surface area contributed by atoms with Crippen LogP contribution in [0.3, 0.4) is 0 Å². The van der Waals surface area contributed by atoms with Crippen molar-refractivity contribution in [3.05, 3.63) is 65.7 Å². The van der Waals surface area contributed by atoms with Gasteiger partial charge < -0.3 is 31.7 Å². The zero-order valence-electron chi connectivity index (χ0n) is 23.5. The minimum atomic E-state index is -4.52. The first-order valence-corrected chi connectivity index (χ1v) is 13.4. The Hall–Kier alpha value is -4.88. The van der Waals surface area contributed by atoms with E-state index < -0.39 is 84.7 Å². The lowest BCUT2D eigenvalue weighted by atomic mass is 9.96. The van der Waals surface area contributed by atoms with E-state index in [0.717, 1.165) is 0 Å². The van der Waals surface area contributed by atoms with E-state index in [1.54, 1.807) is 44.2 Å². The molecule has 2 aromatic rings. The molecule has 2 aliphatic rings. The molecule has 12 nitrogen and oxygen atoms in total. The van der Waals surface area contributed by atoms with Gasteiger partial charge in [0.15, 0.2) is 6.61 Å². The third-order valence-electron chi connectivity index (χ3n) is 6.56. The van der Waals surface area contributed by atoms with E-state index in [2.05, 4.69) is 21.3 Å². The van der Waals surface area contributed by atoms with E-state index >= 15 is 8.78 Å². The first-order chi connectivity index (χ1) is 20.3. The summed E-state index contributed by atoms with van der Waals surface area (Å²) in [6.07, 6.45) is -1.04. The number of Topliss-reactive ketones (excluding diaryl/α,β-unsaturated/α-hetero) is 1. The summed E-state index contributed by atoms with van der Waals surface area (Å²) in [6, 6.07) is 9.19. The minimum Gasteiger partial charge on any atom is -0.484 e. The van der Waals surface area contributed by atoms with Crippen molar-refractivity contribution in [3.8, 4) is 5.75 Å². The molecule has 2 aliphatic heterocycles. The molecule has 14 heteroatoms. The molecule has 5 amide bonds. The Balaban J connectivity index is 1.93. The number of alkyl halides is 2. The van der Waals surface area contributed by atoms with Gasteiger partial charge in [-0.2, -0.15) is 8.78 Å². The number of halogens is 2. The van der Waals surface area contributed by atoms with Crippen molar-refractivity contribution in [2.45, 2.75) is 57.3 Å². The number of nitrogens with two attached hydrogens (primary N) is 1. The van der Waals surface area contributed by atoms with Crippen molar-refractivity contribution in [3.63, 3.8) is 0 Å². The highest BCUT2D eigenvalue weighted by molar-refractivity contribution is 6.10. The van der Waals surface area contributed by atoms with Crippen LogP contribution in [-0.4, -0.2) is 66.0 Å². The summed E-state index contributed by atoms with van der Waals surface area (Å²) < 4.78 is 35.9. The smallest absolute Gasteiger partial charge is 0.383 e. The lowest BCUT2D eigenvalue weighted by molar-refractivity contribution is -0.160. The maximum absolute atomic E-state index is 15.2. The number of fused-ring (bicyclic) bond motifs is 13. The third-order valence-corrected chi connectivity index (χ3v) is 6.56. The van der Waals surface area contributed by atoms with Gasteiger partial charge in [-0.3, -0.25) is 28.8 Å². The lowest BCUT2D eigenvalue weighted by Gasteiger charge is -2.28. The number of ether oxygens (including phenoxy) is 1. The second-order valence-corrected chi connectivity index (χ2v) is 10.3. The van der Waals surface area contributed by atoms with Crippen LogP contribution >= 0.6 is 0 Å². The molecule has 0 radical (unpaired) electrons. The number of carbonyl (C=O) groups is 6. The normalized spacial score (nSPS) is 19.9. The van der Waals surface area contributed by atoms with E-state index in [0.29, 0.717) is 11.1 Å². The molecular weight excluding hydrogens is 568 g/mol. The Morgan fingerprint density at radius 1 is 0.977 bits per heavy atom. The Labute approximate surface area is 246 Å². The standard InChI is InChI=1S/C29H33F2N5O7/c1-16(2)24-27(41)35-20(25(39)29(30,31)28(42)33-14-18-6-4-3-5-7-18)12-17-8-10-19(11-9-17)43-15-23(38)34-21(13-22(32)37)26(40)36-24/h3-11,16,20-21,24H,12-15H2,1-2H3,(H2,32,37)(H,33,42)(H,34,38)(H,35,41)(H,36,40). The molecule has 43 heavy (non-hydrogen) atoms. The van der Waals surface area contributed by atoms with E-state index in [-0.39, 0.29) is 12.3 Å². The van der Waals surface area contributed by atoms with Crippen molar-refractivity contribution >= 4 is 35.3 Å². The zero-order chi connectivity index (χ0) is 31.7. The summed E-state index contributed by atoms with van der Waals surface area (Å²) in [4.78, 5) is 76.0. The van der Waals surface area contributed by atoms with Crippen LogP contribution in [-0.2, 0) is 41.7 Å². The van der Waals surface area contributed by atoms with Crippen molar-refractivity contribution in [1.29, 1.82) is 0 Å². The molecule has 0 saturated heterocycles. The van der Waals surface area contributed by atoms with Gasteiger partial charge >= 0.3 is 5.92 Å². The van der Waals surface area contributed by atoms with Gasteiger partial charge in [-0.1, -0.05) is 56.3 Å². The van der Waals surface area contributed by atoms with Crippen LogP contribution in [0.25, 0.3) is 0 Å². The van der Waals surface area contributed by atoms with E-state index in [1.165, 1.54) is 24.3 Å². The Kier molecular flexibility index (Phi) is 10.9. The third kappa shape index (κ3) is 9.05. The number of ketones is 1. The van der Waals surface area contributed by atoms with Crippen LogP contribution in [0.4, 0.5) is 8.78 Å². The van der Waals surface area contributed by atoms with Gasteiger partial charge in [-0.05, 0) is 29.2 Å². The number of amides is 5. The summed E-state index contributed by atoms with van der Waals surface area (Å²) in [5.41, 5.74) is 6.08. The Morgan fingerprint density at radius 2 is 1.63 bits per heavy atom. The molecule has 2 aromatic carbocycles. The highest BCUT2D eigenvalue weighted by Crippen LogP contribution is 2.21. The van der Waals surface area contributed by atoms with Crippen molar-refractivity contribution in [1.82, 2.24) is 21.3 Å². The maximum atomic E-state index is 15.2. The van der Waals surface area contributed by atoms with Crippen LogP contribution in [0.2, 0.25) is 0 Å². The molecule has 2 heterocycles. The number of carbonyl (C=O) groups excluding carboxylic acids is 6. The molecule has 3 unspecified atom stereocenters.